The van der Waals surface area contributed by atoms with Crippen LogP contribution in [-0.2, 0) is 0 Å². The molecule has 0 unspecified atom stereocenters. The standard InChI is InChI=1S/C6H10N8/c1-2-3-4(5-7-11-12-8-5)6-9-13-14-10-6/h4H,2-3H2,1H3,(H,7,8,11,12)(H,9,10,13,14). The number of tetrazole rings is 2. The van der Waals surface area contributed by atoms with Gasteiger partial charge in [0.1, 0.15) is 0 Å². The van der Waals surface area contributed by atoms with E-state index in [2.05, 4.69) is 48.2 Å². The molecule has 2 heterocycles. The predicted octanol–water partition coefficient (Wildman–Crippen LogP) is -0.355. The Balaban J connectivity index is 2.25. The van der Waals surface area contributed by atoms with Crippen molar-refractivity contribution in [2.45, 2.75) is 25.7 Å². The van der Waals surface area contributed by atoms with E-state index in [1.54, 1.807) is 0 Å². The van der Waals surface area contributed by atoms with Gasteiger partial charge in [-0.1, -0.05) is 13.3 Å². The largest absolute Gasteiger partial charge is 0.242 e. The van der Waals surface area contributed by atoms with Gasteiger partial charge in [-0.05, 0) is 27.3 Å². The molecule has 0 aromatic carbocycles. The van der Waals surface area contributed by atoms with Crippen LogP contribution in [-0.4, -0.2) is 41.2 Å². The fourth-order valence-electron chi connectivity index (χ4n) is 1.32. The number of nitrogens with zero attached hydrogens (tertiary/aromatic N) is 6. The van der Waals surface area contributed by atoms with E-state index in [9.17, 15) is 0 Å². The molecule has 2 aromatic rings. The highest BCUT2D eigenvalue weighted by atomic mass is 15.5. The van der Waals surface area contributed by atoms with Gasteiger partial charge < -0.3 is 0 Å². The number of aromatic amines is 2. The van der Waals surface area contributed by atoms with Crippen LogP contribution in [0.2, 0.25) is 0 Å². The van der Waals surface area contributed by atoms with E-state index < -0.39 is 0 Å². The number of rotatable bonds is 4. The zero-order valence-electron chi connectivity index (χ0n) is 7.67. The Morgan fingerprint density at radius 1 is 1.07 bits per heavy atom. The molecule has 2 rings (SSSR count). The van der Waals surface area contributed by atoms with Crippen molar-refractivity contribution in [2.24, 2.45) is 0 Å². The third kappa shape index (κ3) is 1.58. The zero-order chi connectivity index (χ0) is 9.80. The highest BCUT2D eigenvalue weighted by molar-refractivity contribution is 5.05. The minimum absolute atomic E-state index is 0.0185. The molecular formula is C6H10N8. The fourth-order valence-corrected chi connectivity index (χ4v) is 1.32. The summed E-state index contributed by atoms with van der Waals surface area (Å²) in [6.07, 6.45) is 1.90. The van der Waals surface area contributed by atoms with Gasteiger partial charge in [-0.25, -0.2) is 10.2 Å². The van der Waals surface area contributed by atoms with Crippen LogP contribution >= 0.6 is 0 Å². The van der Waals surface area contributed by atoms with E-state index in [1.165, 1.54) is 0 Å². The lowest BCUT2D eigenvalue weighted by molar-refractivity contribution is 0.626. The van der Waals surface area contributed by atoms with Crippen LogP contribution in [0.1, 0.15) is 37.3 Å². The monoisotopic (exact) mass is 194 g/mol. The van der Waals surface area contributed by atoms with Gasteiger partial charge in [0.25, 0.3) is 0 Å². The fraction of sp³-hybridized carbons (Fsp3) is 0.667. The Morgan fingerprint density at radius 2 is 1.64 bits per heavy atom. The number of H-pyrrole nitrogens is 2. The van der Waals surface area contributed by atoms with Crippen LogP contribution in [0.25, 0.3) is 0 Å². The summed E-state index contributed by atoms with van der Waals surface area (Å²) in [5, 5.41) is 27.3. The summed E-state index contributed by atoms with van der Waals surface area (Å²) < 4.78 is 0. The first kappa shape index (κ1) is 8.73. The Bertz CT molecular complexity index is 317. The first-order valence-electron chi connectivity index (χ1n) is 4.39. The van der Waals surface area contributed by atoms with Gasteiger partial charge >= 0.3 is 0 Å². The van der Waals surface area contributed by atoms with Crippen molar-refractivity contribution in [3.8, 4) is 0 Å². The van der Waals surface area contributed by atoms with E-state index in [4.69, 9.17) is 0 Å². The topological polar surface area (TPSA) is 109 Å². The Hall–Kier alpha value is -1.86. The summed E-state index contributed by atoms with van der Waals surface area (Å²) in [5.74, 6) is 1.39. The molecule has 0 aliphatic rings. The van der Waals surface area contributed by atoms with E-state index in [-0.39, 0.29) is 5.92 Å². The van der Waals surface area contributed by atoms with Gasteiger partial charge in [0.15, 0.2) is 11.6 Å². The molecule has 0 spiro atoms. The van der Waals surface area contributed by atoms with Gasteiger partial charge in [0.05, 0.1) is 5.92 Å². The quantitative estimate of drug-likeness (QED) is 0.688. The molecule has 8 heteroatoms. The lowest BCUT2D eigenvalue weighted by Gasteiger charge is -2.06. The summed E-state index contributed by atoms with van der Waals surface area (Å²) in [4.78, 5) is 0. The van der Waals surface area contributed by atoms with E-state index >= 15 is 0 Å². The summed E-state index contributed by atoms with van der Waals surface area (Å²) in [5.41, 5.74) is 0. The third-order valence-corrected chi connectivity index (χ3v) is 1.96. The summed E-state index contributed by atoms with van der Waals surface area (Å²) in [7, 11) is 0. The normalized spacial score (nSPS) is 11.0. The number of nitrogens with one attached hydrogen (secondary N) is 2. The van der Waals surface area contributed by atoms with Crippen molar-refractivity contribution in [3.63, 3.8) is 0 Å². The number of hydrogen-bond donors (Lipinski definition) is 2. The summed E-state index contributed by atoms with van der Waals surface area (Å²) >= 11 is 0. The average molecular weight is 194 g/mol. The number of hydrogen-bond acceptors (Lipinski definition) is 6. The van der Waals surface area contributed by atoms with Crippen molar-refractivity contribution in [3.05, 3.63) is 11.6 Å². The minimum Gasteiger partial charge on any atom is -0.242 e. The van der Waals surface area contributed by atoms with E-state index in [0.29, 0.717) is 11.6 Å². The van der Waals surface area contributed by atoms with Crippen molar-refractivity contribution in [1.29, 1.82) is 0 Å². The first-order valence-corrected chi connectivity index (χ1v) is 4.39. The maximum atomic E-state index is 3.86. The second kappa shape index (κ2) is 3.90. The molecule has 2 aromatic heterocycles. The molecule has 0 atom stereocenters. The highest BCUT2D eigenvalue weighted by Gasteiger charge is 2.20. The molecule has 0 aliphatic carbocycles. The van der Waals surface area contributed by atoms with Crippen molar-refractivity contribution < 1.29 is 0 Å². The van der Waals surface area contributed by atoms with Crippen molar-refractivity contribution >= 4 is 0 Å². The van der Waals surface area contributed by atoms with Crippen LogP contribution in [0.5, 0.6) is 0 Å². The van der Waals surface area contributed by atoms with Gasteiger partial charge in [-0.2, -0.15) is 0 Å². The van der Waals surface area contributed by atoms with E-state index in [0.717, 1.165) is 12.8 Å². The maximum absolute atomic E-state index is 3.86. The highest BCUT2D eigenvalue weighted by Crippen LogP contribution is 2.21. The van der Waals surface area contributed by atoms with Crippen LogP contribution < -0.4 is 0 Å². The third-order valence-electron chi connectivity index (χ3n) is 1.96. The molecule has 2 N–H and O–H groups in total. The minimum atomic E-state index is 0.0185. The van der Waals surface area contributed by atoms with Gasteiger partial charge in [0.2, 0.25) is 0 Å². The first-order chi connectivity index (χ1) is 6.92. The molecule has 0 saturated heterocycles. The molecule has 0 saturated carbocycles. The molecule has 8 nitrogen and oxygen atoms in total. The van der Waals surface area contributed by atoms with E-state index in [1.807, 2.05) is 0 Å². The molecule has 0 aliphatic heterocycles. The molecular weight excluding hydrogens is 184 g/mol. The smallest absolute Gasteiger partial charge is 0.159 e. The van der Waals surface area contributed by atoms with Crippen LogP contribution in [0, 0.1) is 0 Å². The second-order valence-corrected chi connectivity index (χ2v) is 2.91. The lowest BCUT2D eigenvalue weighted by atomic mass is 10.0. The predicted molar refractivity (Wildman–Crippen MR) is 45.1 cm³/mol. The lowest BCUT2D eigenvalue weighted by Crippen LogP contribution is -2.05. The van der Waals surface area contributed by atoms with Crippen molar-refractivity contribution in [1.82, 2.24) is 41.2 Å². The Morgan fingerprint density at radius 3 is 2.00 bits per heavy atom. The van der Waals surface area contributed by atoms with Crippen LogP contribution in [0.4, 0.5) is 0 Å². The summed E-state index contributed by atoms with van der Waals surface area (Å²) in [6, 6.07) is 0. The molecule has 0 bridgehead atoms. The van der Waals surface area contributed by atoms with Crippen LogP contribution in [0.3, 0.4) is 0 Å². The van der Waals surface area contributed by atoms with Gasteiger partial charge in [0, 0.05) is 0 Å². The van der Waals surface area contributed by atoms with Gasteiger partial charge in [-0.15, -0.1) is 10.2 Å². The summed E-state index contributed by atoms with van der Waals surface area (Å²) in [6.45, 7) is 2.08. The van der Waals surface area contributed by atoms with Crippen LogP contribution in [0.15, 0.2) is 0 Å². The number of aromatic nitrogens is 8. The molecule has 74 valence electrons. The molecule has 0 amide bonds. The zero-order valence-corrected chi connectivity index (χ0v) is 7.67. The second-order valence-electron chi connectivity index (χ2n) is 2.91. The average Bonchev–Trinajstić information content (AvgIpc) is 2.87. The molecule has 0 radical (unpaired) electrons. The Labute approximate surface area is 79.5 Å². The SMILES string of the molecule is CCCC(c1nnn[nH]1)c1nnn[nH]1. The maximum Gasteiger partial charge on any atom is 0.159 e. The Kier molecular flexibility index (Phi) is 2.43. The van der Waals surface area contributed by atoms with Crippen molar-refractivity contribution in [2.75, 3.05) is 0 Å². The van der Waals surface area contributed by atoms with Gasteiger partial charge in [-0.3, -0.25) is 0 Å². The molecule has 14 heavy (non-hydrogen) atoms. The molecule has 0 fully saturated rings.